The monoisotopic (exact) mass is 323 g/mol. The van der Waals surface area contributed by atoms with Crippen molar-refractivity contribution in [2.75, 3.05) is 5.32 Å². The van der Waals surface area contributed by atoms with E-state index < -0.39 is 16.0 Å². The second kappa shape index (κ2) is 3.89. The number of carbonyl (C=O) groups is 1. The molecule has 1 heterocycles. The van der Waals surface area contributed by atoms with E-state index in [1.165, 1.54) is 18.2 Å². The summed E-state index contributed by atoms with van der Waals surface area (Å²) in [5.74, 6) is -0.612. The van der Waals surface area contributed by atoms with Crippen molar-refractivity contribution in [2.24, 2.45) is 5.41 Å². The molecule has 1 saturated carbocycles. The lowest BCUT2D eigenvalue weighted by Crippen LogP contribution is -2.26. The number of carbonyl (C=O) groups excluding carboxylic acids is 1. The number of alkyl halides is 4. The van der Waals surface area contributed by atoms with Crippen LogP contribution < -0.4 is 14.8 Å². The lowest BCUT2D eigenvalue weighted by Gasteiger charge is -2.12. The lowest BCUT2D eigenvalue weighted by atomic mass is 10.1. The molecule has 108 valence electrons. The molecule has 1 aromatic carbocycles. The van der Waals surface area contributed by atoms with Crippen LogP contribution in [-0.4, -0.2) is 16.5 Å². The van der Waals surface area contributed by atoms with E-state index in [-0.39, 0.29) is 17.4 Å². The van der Waals surface area contributed by atoms with Crippen molar-refractivity contribution in [3.63, 3.8) is 0 Å². The molecule has 0 spiro atoms. The molecule has 1 aromatic rings. The standard InChI is InChI=1S/C12H9Cl2F2NO3/c1-10(5-11(10,13)14)9(18)17-6-2-3-7-8(4-6)20-12(15,16)19-7/h2-4H,5H2,1H3,(H,17,18). The van der Waals surface area contributed by atoms with Gasteiger partial charge in [-0.15, -0.1) is 32.0 Å². The summed E-state index contributed by atoms with van der Waals surface area (Å²) < 4.78 is 33.2. The first kappa shape index (κ1) is 13.7. The first-order chi connectivity index (χ1) is 9.13. The zero-order chi connectivity index (χ0) is 14.8. The molecular formula is C12H9Cl2F2NO3. The Labute approximate surface area is 122 Å². The summed E-state index contributed by atoms with van der Waals surface area (Å²) in [6.45, 7) is 1.63. The fourth-order valence-electron chi connectivity index (χ4n) is 1.94. The van der Waals surface area contributed by atoms with E-state index in [0.717, 1.165) is 0 Å². The largest absolute Gasteiger partial charge is 0.586 e. The van der Waals surface area contributed by atoms with Crippen LogP contribution in [0.3, 0.4) is 0 Å². The first-order valence-corrected chi connectivity index (χ1v) is 6.48. The molecule has 1 fully saturated rings. The third kappa shape index (κ3) is 2.07. The maximum Gasteiger partial charge on any atom is 0.586 e. The van der Waals surface area contributed by atoms with Gasteiger partial charge in [-0.2, -0.15) is 0 Å². The van der Waals surface area contributed by atoms with Gasteiger partial charge in [0.1, 0.15) is 4.33 Å². The van der Waals surface area contributed by atoms with Crippen LogP contribution in [0.2, 0.25) is 0 Å². The number of nitrogens with one attached hydrogen (secondary N) is 1. The number of hydrogen-bond donors (Lipinski definition) is 1. The highest BCUT2D eigenvalue weighted by Gasteiger charge is 2.67. The van der Waals surface area contributed by atoms with Crippen LogP contribution in [0.5, 0.6) is 11.5 Å². The van der Waals surface area contributed by atoms with Gasteiger partial charge in [0.25, 0.3) is 0 Å². The minimum Gasteiger partial charge on any atom is -0.395 e. The van der Waals surface area contributed by atoms with Gasteiger partial charge in [0.05, 0.1) is 5.41 Å². The molecule has 0 radical (unpaired) electrons. The zero-order valence-electron chi connectivity index (χ0n) is 10.2. The maximum atomic E-state index is 12.9. The number of rotatable bonds is 2. The van der Waals surface area contributed by atoms with Gasteiger partial charge in [0, 0.05) is 11.8 Å². The number of amides is 1. The molecule has 1 N–H and O–H groups in total. The van der Waals surface area contributed by atoms with Crippen LogP contribution in [-0.2, 0) is 4.79 Å². The highest BCUT2D eigenvalue weighted by atomic mass is 35.5. The predicted molar refractivity (Wildman–Crippen MR) is 68.4 cm³/mol. The molecule has 3 rings (SSSR count). The Morgan fingerprint density at radius 1 is 1.30 bits per heavy atom. The Balaban J connectivity index is 1.76. The molecule has 0 aromatic heterocycles. The Morgan fingerprint density at radius 2 is 1.90 bits per heavy atom. The summed E-state index contributed by atoms with van der Waals surface area (Å²) in [6.07, 6.45) is -3.35. The number of benzene rings is 1. The van der Waals surface area contributed by atoms with Gasteiger partial charge < -0.3 is 14.8 Å². The van der Waals surface area contributed by atoms with Gasteiger partial charge in [0.15, 0.2) is 11.5 Å². The second-order valence-corrected chi connectivity index (χ2v) is 6.48. The number of fused-ring (bicyclic) bond motifs is 1. The molecule has 0 saturated heterocycles. The molecule has 1 aliphatic carbocycles. The molecule has 1 aliphatic heterocycles. The van der Waals surface area contributed by atoms with Gasteiger partial charge in [-0.3, -0.25) is 4.79 Å². The van der Waals surface area contributed by atoms with E-state index in [9.17, 15) is 13.6 Å². The van der Waals surface area contributed by atoms with Crippen molar-refractivity contribution in [1.82, 2.24) is 0 Å². The highest BCUT2D eigenvalue weighted by molar-refractivity contribution is 6.53. The van der Waals surface area contributed by atoms with E-state index in [1.807, 2.05) is 0 Å². The average Bonchev–Trinajstić information content (AvgIpc) is 2.68. The van der Waals surface area contributed by atoms with Crippen LogP contribution in [0, 0.1) is 5.41 Å². The quantitative estimate of drug-likeness (QED) is 0.847. The van der Waals surface area contributed by atoms with E-state index in [2.05, 4.69) is 14.8 Å². The summed E-state index contributed by atoms with van der Waals surface area (Å²) in [5, 5.41) is 2.57. The van der Waals surface area contributed by atoms with Crippen molar-refractivity contribution in [2.45, 2.75) is 24.0 Å². The second-order valence-electron chi connectivity index (χ2n) is 5.00. The fourth-order valence-corrected chi connectivity index (χ4v) is 2.65. The smallest absolute Gasteiger partial charge is 0.395 e. The topological polar surface area (TPSA) is 47.6 Å². The van der Waals surface area contributed by atoms with Gasteiger partial charge in [0.2, 0.25) is 5.91 Å². The summed E-state index contributed by atoms with van der Waals surface area (Å²) in [6, 6.07) is 3.97. The van der Waals surface area contributed by atoms with Crippen molar-refractivity contribution < 1.29 is 23.0 Å². The van der Waals surface area contributed by atoms with Crippen LogP contribution >= 0.6 is 23.2 Å². The zero-order valence-corrected chi connectivity index (χ0v) is 11.7. The summed E-state index contributed by atoms with van der Waals surface area (Å²) in [4.78, 5) is 12.0. The van der Waals surface area contributed by atoms with E-state index >= 15 is 0 Å². The average molecular weight is 324 g/mol. The molecule has 0 bridgehead atoms. The molecule has 8 heteroatoms. The number of halogens is 4. The van der Waals surface area contributed by atoms with Crippen molar-refractivity contribution >= 4 is 34.8 Å². The number of hydrogen-bond acceptors (Lipinski definition) is 3. The molecule has 2 aliphatic rings. The van der Waals surface area contributed by atoms with E-state index in [0.29, 0.717) is 12.1 Å². The van der Waals surface area contributed by atoms with Crippen LogP contribution in [0.25, 0.3) is 0 Å². The first-order valence-electron chi connectivity index (χ1n) is 5.72. The van der Waals surface area contributed by atoms with Gasteiger partial charge in [-0.05, 0) is 25.5 Å². The Kier molecular flexibility index (Phi) is 2.66. The molecule has 1 atom stereocenters. The van der Waals surface area contributed by atoms with Crippen LogP contribution in [0.15, 0.2) is 18.2 Å². The predicted octanol–water partition coefficient (Wildman–Crippen LogP) is 3.53. The third-order valence-electron chi connectivity index (χ3n) is 3.42. The van der Waals surface area contributed by atoms with Gasteiger partial charge in [-0.1, -0.05) is 0 Å². The Bertz CT molecular complexity index is 608. The van der Waals surface area contributed by atoms with Gasteiger partial charge in [-0.25, -0.2) is 0 Å². The molecule has 1 unspecified atom stereocenters. The highest BCUT2D eigenvalue weighted by Crippen LogP contribution is 2.64. The lowest BCUT2D eigenvalue weighted by molar-refractivity contribution is -0.286. The molecule has 20 heavy (non-hydrogen) atoms. The summed E-state index contributed by atoms with van der Waals surface area (Å²) in [7, 11) is 0. The minimum absolute atomic E-state index is 0.0883. The Hall–Kier alpha value is -1.27. The van der Waals surface area contributed by atoms with Crippen LogP contribution in [0.4, 0.5) is 14.5 Å². The van der Waals surface area contributed by atoms with Crippen molar-refractivity contribution in [3.05, 3.63) is 18.2 Å². The molecular weight excluding hydrogens is 315 g/mol. The van der Waals surface area contributed by atoms with E-state index in [4.69, 9.17) is 23.2 Å². The molecule has 4 nitrogen and oxygen atoms in total. The normalized spacial score (nSPS) is 28.1. The van der Waals surface area contributed by atoms with Crippen molar-refractivity contribution in [1.29, 1.82) is 0 Å². The summed E-state index contributed by atoms with van der Waals surface area (Å²) in [5.41, 5.74) is -0.594. The van der Waals surface area contributed by atoms with E-state index in [1.54, 1.807) is 6.92 Å². The maximum absolute atomic E-state index is 12.9. The fraction of sp³-hybridized carbons (Fsp3) is 0.417. The summed E-state index contributed by atoms with van der Waals surface area (Å²) >= 11 is 11.8. The number of ether oxygens (including phenoxy) is 2. The SMILES string of the molecule is CC1(C(=O)Nc2ccc3c(c2)OC(F)(F)O3)CC1(Cl)Cl. The number of anilines is 1. The van der Waals surface area contributed by atoms with Crippen LogP contribution in [0.1, 0.15) is 13.3 Å². The third-order valence-corrected chi connectivity index (χ3v) is 4.52. The Morgan fingerprint density at radius 3 is 2.50 bits per heavy atom. The minimum atomic E-state index is -3.69. The van der Waals surface area contributed by atoms with Gasteiger partial charge >= 0.3 is 6.29 Å². The van der Waals surface area contributed by atoms with Crippen molar-refractivity contribution in [3.8, 4) is 11.5 Å². The molecule has 1 amide bonds.